The number of nitrogens with zero attached hydrogens (tertiary/aromatic N) is 2. The Hall–Kier alpha value is -3.13. The number of benzene rings is 2. The van der Waals surface area contributed by atoms with E-state index in [4.69, 9.17) is 5.26 Å². The molecule has 2 aromatic carbocycles. The Kier molecular flexibility index (Phi) is 5.33. The van der Waals surface area contributed by atoms with Crippen LogP contribution in [0.3, 0.4) is 0 Å². The fourth-order valence-electron chi connectivity index (χ4n) is 3.10. The molecule has 0 radical (unpaired) electrons. The number of hydrogen-bond acceptors (Lipinski definition) is 3. The van der Waals surface area contributed by atoms with Crippen LogP contribution in [0.2, 0.25) is 0 Å². The van der Waals surface area contributed by atoms with E-state index in [1.54, 1.807) is 24.3 Å². The summed E-state index contributed by atoms with van der Waals surface area (Å²) in [6.45, 7) is 3.24. The summed E-state index contributed by atoms with van der Waals surface area (Å²) in [5, 5.41) is 11.9. The Morgan fingerprint density at radius 1 is 1.08 bits per heavy atom. The molecule has 0 aromatic heterocycles. The summed E-state index contributed by atoms with van der Waals surface area (Å²) in [4.78, 5) is 26.7. The number of rotatable bonds is 3. The molecule has 1 saturated heterocycles. The van der Waals surface area contributed by atoms with Crippen molar-refractivity contribution in [2.24, 2.45) is 0 Å². The molecular formula is C21H21N3O2. The lowest BCUT2D eigenvalue weighted by atomic mass is 10.0. The molecule has 1 N–H and O–H groups in total. The van der Waals surface area contributed by atoms with Gasteiger partial charge in [-0.2, -0.15) is 5.26 Å². The summed E-state index contributed by atoms with van der Waals surface area (Å²) >= 11 is 0. The number of nitriles is 1. The Morgan fingerprint density at radius 3 is 2.42 bits per heavy atom. The van der Waals surface area contributed by atoms with Gasteiger partial charge >= 0.3 is 0 Å². The number of piperidine rings is 1. The molecule has 26 heavy (non-hydrogen) atoms. The molecule has 5 heteroatoms. The average Bonchev–Trinajstić information content (AvgIpc) is 2.68. The van der Waals surface area contributed by atoms with E-state index in [1.165, 1.54) is 0 Å². The highest BCUT2D eigenvalue weighted by atomic mass is 16.2. The van der Waals surface area contributed by atoms with Gasteiger partial charge in [-0.1, -0.05) is 23.8 Å². The number of hydrogen-bond donors (Lipinski definition) is 1. The second kappa shape index (κ2) is 7.83. The summed E-state index contributed by atoms with van der Waals surface area (Å²) in [7, 11) is 0. The molecule has 2 amide bonds. The normalized spacial score (nSPS) is 14.5. The average molecular weight is 347 g/mol. The van der Waals surface area contributed by atoms with Gasteiger partial charge < -0.3 is 10.2 Å². The molecule has 0 atom stereocenters. The summed E-state index contributed by atoms with van der Waals surface area (Å²) in [6, 6.07) is 16.3. The zero-order valence-corrected chi connectivity index (χ0v) is 14.7. The Morgan fingerprint density at radius 2 is 1.77 bits per heavy atom. The van der Waals surface area contributed by atoms with Crippen molar-refractivity contribution in [2.45, 2.75) is 25.8 Å². The van der Waals surface area contributed by atoms with Crippen molar-refractivity contribution in [3.63, 3.8) is 0 Å². The van der Waals surface area contributed by atoms with Gasteiger partial charge in [0.15, 0.2) is 0 Å². The summed E-state index contributed by atoms with van der Waals surface area (Å²) in [6.07, 6.45) is 1.45. The first-order valence-corrected chi connectivity index (χ1v) is 8.74. The van der Waals surface area contributed by atoms with E-state index in [1.807, 2.05) is 42.2 Å². The van der Waals surface area contributed by atoms with Crippen LogP contribution >= 0.6 is 0 Å². The van der Waals surface area contributed by atoms with E-state index < -0.39 is 0 Å². The number of carbonyl (C=O) groups excluding carboxylic acids is 2. The highest BCUT2D eigenvalue weighted by molar-refractivity contribution is 5.95. The van der Waals surface area contributed by atoms with Gasteiger partial charge in [0.05, 0.1) is 11.6 Å². The van der Waals surface area contributed by atoms with Crippen molar-refractivity contribution >= 4 is 11.8 Å². The Bertz CT molecular complexity index is 844. The SMILES string of the molecule is Cc1ccc(C(=O)N2CCC(NC(=O)c3cccc(C#N)c3)CC2)cc1. The van der Waals surface area contributed by atoms with E-state index in [0.29, 0.717) is 29.8 Å². The Labute approximate surface area is 153 Å². The third kappa shape index (κ3) is 4.09. The van der Waals surface area contributed by atoms with Crippen LogP contribution in [0.5, 0.6) is 0 Å². The van der Waals surface area contributed by atoms with Crippen molar-refractivity contribution in [1.82, 2.24) is 10.2 Å². The van der Waals surface area contributed by atoms with E-state index in [2.05, 4.69) is 5.32 Å². The molecule has 132 valence electrons. The fraction of sp³-hybridized carbons (Fsp3) is 0.286. The lowest BCUT2D eigenvalue weighted by Gasteiger charge is -2.32. The van der Waals surface area contributed by atoms with E-state index in [0.717, 1.165) is 18.4 Å². The van der Waals surface area contributed by atoms with Crippen LogP contribution in [0.25, 0.3) is 0 Å². The monoisotopic (exact) mass is 347 g/mol. The predicted octanol–water partition coefficient (Wildman–Crippen LogP) is 2.90. The van der Waals surface area contributed by atoms with Gasteiger partial charge in [0, 0.05) is 30.3 Å². The minimum atomic E-state index is -0.176. The van der Waals surface area contributed by atoms with Gasteiger partial charge in [-0.15, -0.1) is 0 Å². The number of nitrogens with one attached hydrogen (secondary N) is 1. The number of aryl methyl sites for hydroxylation is 1. The molecule has 1 aliphatic heterocycles. The highest BCUT2D eigenvalue weighted by Crippen LogP contribution is 2.15. The van der Waals surface area contributed by atoms with Crippen molar-refractivity contribution in [3.05, 3.63) is 70.8 Å². The lowest BCUT2D eigenvalue weighted by molar-refractivity contribution is 0.0698. The molecule has 0 spiro atoms. The molecule has 0 aliphatic carbocycles. The molecular weight excluding hydrogens is 326 g/mol. The maximum absolute atomic E-state index is 12.5. The van der Waals surface area contributed by atoms with Crippen LogP contribution in [0.1, 0.15) is 44.7 Å². The van der Waals surface area contributed by atoms with Crippen molar-refractivity contribution in [2.75, 3.05) is 13.1 Å². The molecule has 0 unspecified atom stereocenters. The van der Waals surface area contributed by atoms with Crippen molar-refractivity contribution < 1.29 is 9.59 Å². The highest BCUT2D eigenvalue weighted by Gasteiger charge is 2.24. The molecule has 5 nitrogen and oxygen atoms in total. The third-order valence-electron chi connectivity index (χ3n) is 4.67. The van der Waals surface area contributed by atoms with Gasteiger partial charge in [-0.3, -0.25) is 9.59 Å². The number of likely N-dealkylation sites (tertiary alicyclic amines) is 1. The molecule has 0 saturated carbocycles. The second-order valence-corrected chi connectivity index (χ2v) is 6.60. The lowest BCUT2D eigenvalue weighted by Crippen LogP contribution is -2.46. The van der Waals surface area contributed by atoms with Crippen LogP contribution in [0.4, 0.5) is 0 Å². The van der Waals surface area contributed by atoms with Crippen molar-refractivity contribution in [1.29, 1.82) is 5.26 Å². The first-order chi connectivity index (χ1) is 12.6. The van der Waals surface area contributed by atoms with Gasteiger partial charge in [-0.25, -0.2) is 0 Å². The zero-order valence-electron chi connectivity index (χ0n) is 14.7. The van der Waals surface area contributed by atoms with Crippen LogP contribution in [0.15, 0.2) is 48.5 Å². The largest absolute Gasteiger partial charge is 0.349 e. The quantitative estimate of drug-likeness (QED) is 0.928. The van der Waals surface area contributed by atoms with Gasteiger partial charge in [0.25, 0.3) is 11.8 Å². The molecule has 3 rings (SSSR count). The molecule has 2 aromatic rings. The van der Waals surface area contributed by atoms with Gasteiger partial charge in [0.1, 0.15) is 0 Å². The minimum absolute atomic E-state index is 0.0373. The van der Waals surface area contributed by atoms with Crippen LogP contribution in [-0.2, 0) is 0 Å². The van der Waals surface area contributed by atoms with E-state index in [-0.39, 0.29) is 17.9 Å². The van der Waals surface area contributed by atoms with Gasteiger partial charge in [0.2, 0.25) is 0 Å². The molecule has 0 bridgehead atoms. The van der Waals surface area contributed by atoms with E-state index in [9.17, 15) is 9.59 Å². The molecule has 1 aliphatic rings. The first-order valence-electron chi connectivity index (χ1n) is 8.74. The summed E-state index contributed by atoms with van der Waals surface area (Å²) in [5.74, 6) is -0.137. The van der Waals surface area contributed by atoms with Crippen LogP contribution in [0, 0.1) is 18.3 Å². The minimum Gasteiger partial charge on any atom is -0.349 e. The molecule has 1 fully saturated rings. The maximum atomic E-state index is 12.5. The predicted molar refractivity (Wildman–Crippen MR) is 98.7 cm³/mol. The molecule has 1 heterocycles. The first kappa shape index (κ1) is 17.7. The fourth-order valence-corrected chi connectivity index (χ4v) is 3.10. The Balaban J connectivity index is 1.55. The summed E-state index contributed by atoms with van der Waals surface area (Å²) < 4.78 is 0. The van der Waals surface area contributed by atoms with Crippen LogP contribution in [-0.4, -0.2) is 35.8 Å². The zero-order chi connectivity index (χ0) is 18.5. The van der Waals surface area contributed by atoms with E-state index >= 15 is 0 Å². The standard InChI is InChI=1S/C21H21N3O2/c1-15-5-7-17(8-6-15)21(26)24-11-9-19(10-12-24)23-20(25)18-4-2-3-16(13-18)14-22/h2-8,13,19H,9-12H2,1H3,(H,23,25). The van der Waals surface area contributed by atoms with Gasteiger partial charge in [-0.05, 0) is 50.1 Å². The third-order valence-corrected chi connectivity index (χ3v) is 4.67. The summed E-state index contributed by atoms with van der Waals surface area (Å²) in [5.41, 5.74) is 2.79. The topological polar surface area (TPSA) is 73.2 Å². The number of amides is 2. The van der Waals surface area contributed by atoms with Crippen molar-refractivity contribution in [3.8, 4) is 6.07 Å². The number of carbonyl (C=O) groups is 2. The smallest absolute Gasteiger partial charge is 0.253 e. The second-order valence-electron chi connectivity index (χ2n) is 6.60. The van der Waals surface area contributed by atoms with Crippen LogP contribution < -0.4 is 5.32 Å². The maximum Gasteiger partial charge on any atom is 0.253 e.